The number of hydrogen-bond acceptors (Lipinski definition) is 3. The minimum atomic E-state index is 0.713. The van der Waals surface area contributed by atoms with Crippen molar-refractivity contribution in [2.45, 2.75) is 20.4 Å². The van der Waals surface area contributed by atoms with E-state index in [-0.39, 0.29) is 0 Å². The number of benzene rings is 1. The highest BCUT2D eigenvalue weighted by molar-refractivity contribution is 5.63. The molecule has 0 aliphatic rings. The number of H-pyrrole nitrogens is 1. The first kappa shape index (κ1) is 13.8. The molecule has 0 bridgehead atoms. The van der Waals surface area contributed by atoms with Crippen molar-refractivity contribution < 1.29 is 4.74 Å². The van der Waals surface area contributed by atoms with Gasteiger partial charge in [0.15, 0.2) is 0 Å². The van der Waals surface area contributed by atoms with Crippen LogP contribution in [0.1, 0.15) is 17.0 Å². The molecule has 4 heteroatoms. The van der Waals surface area contributed by atoms with Crippen molar-refractivity contribution in [3.8, 4) is 11.3 Å². The van der Waals surface area contributed by atoms with Gasteiger partial charge in [-0.1, -0.05) is 17.7 Å². The molecule has 0 saturated carbocycles. The maximum absolute atomic E-state index is 4.99. The molecule has 0 saturated heterocycles. The van der Waals surface area contributed by atoms with E-state index in [9.17, 15) is 0 Å². The summed E-state index contributed by atoms with van der Waals surface area (Å²) < 4.78 is 4.99. The third-order valence-electron chi connectivity index (χ3n) is 3.09. The first-order valence-electron chi connectivity index (χ1n) is 6.52. The van der Waals surface area contributed by atoms with Gasteiger partial charge in [-0.25, -0.2) is 4.98 Å². The molecule has 0 aliphatic carbocycles. The van der Waals surface area contributed by atoms with E-state index in [0.717, 1.165) is 24.6 Å². The molecule has 0 unspecified atom stereocenters. The van der Waals surface area contributed by atoms with E-state index < -0.39 is 0 Å². The Bertz CT molecular complexity index is 534. The standard InChI is InChI=1S/C15H21N3O/c1-11-4-5-12(2)13(8-11)14-9-17-15(18-14)10-16-6-7-19-3/h4-5,8-9,16H,6-7,10H2,1-3H3,(H,17,18). The van der Waals surface area contributed by atoms with E-state index in [4.69, 9.17) is 4.74 Å². The molecule has 0 radical (unpaired) electrons. The fourth-order valence-corrected chi connectivity index (χ4v) is 2.00. The molecule has 1 aromatic carbocycles. The summed E-state index contributed by atoms with van der Waals surface area (Å²) in [4.78, 5) is 7.76. The van der Waals surface area contributed by atoms with Gasteiger partial charge in [0, 0.05) is 19.2 Å². The summed E-state index contributed by atoms with van der Waals surface area (Å²) in [6, 6.07) is 6.45. The molecule has 0 spiro atoms. The van der Waals surface area contributed by atoms with Crippen molar-refractivity contribution in [3.05, 3.63) is 41.3 Å². The van der Waals surface area contributed by atoms with Crippen molar-refractivity contribution in [2.75, 3.05) is 20.3 Å². The Balaban J connectivity index is 2.06. The van der Waals surface area contributed by atoms with Gasteiger partial charge in [0.1, 0.15) is 5.82 Å². The Hall–Kier alpha value is -1.65. The highest BCUT2D eigenvalue weighted by Crippen LogP contribution is 2.22. The summed E-state index contributed by atoms with van der Waals surface area (Å²) in [5.74, 6) is 0.951. The third-order valence-corrected chi connectivity index (χ3v) is 3.09. The van der Waals surface area contributed by atoms with Gasteiger partial charge in [-0.2, -0.15) is 0 Å². The maximum atomic E-state index is 4.99. The van der Waals surface area contributed by atoms with Crippen LogP contribution in [-0.2, 0) is 11.3 Å². The van der Waals surface area contributed by atoms with E-state index in [0.29, 0.717) is 6.61 Å². The van der Waals surface area contributed by atoms with Gasteiger partial charge in [0.05, 0.1) is 25.0 Å². The lowest BCUT2D eigenvalue weighted by Crippen LogP contribution is -2.19. The lowest BCUT2D eigenvalue weighted by atomic mass is 10.0. The van der Waals surface area contributed by atoms with Crippen LogP contribution in [-0.4, -0.2) is 30.2 Å². The molecule has 2 rings (SSSR count). The fraction of sp³-hybridized carbons (Fsp3) is 0.400. The predicted octanol–water partition coefficient (Wildman–Crippen LogP) is 2.43. The molecule has 102 valence electrons. The minimum absolute atomic E-state index is 0.713. The molecule has 4 nitrogen and oxygen atoms in total. The number of rotatable bonds is 6. The van der Waals surface area contributed by atoms with E-state index >= 15 is 0 Å². The second kappa shape index (κ2) is 6.50. The number of aromatic amines is 1. The number of ether oxygens (including phenoxy) is 1. The Labute approximate surface area is 114 Å². The second-order valence-corrected chi connectivity index (χ2v) is 4.73. The normalized spacial score (nSPS) is 10.9. The lowest BCUT2D eigenvalue weighted by Gasteiger charge is -2.04. The van der Waals surface area contributed by atoms with Crippen molar-refractivity contribution in [2.24, 2.45) is 0 Å². The third kappa shape index (κ3) is 3.66. The summed E-state index contributed by atoms with van der Waals surface area (Å²) in [5.41, 5.74) is 4.81. The molecular weight excluding hydrogens is 238 g/mol. The van der Waals surface area contributed by atoms with E-state index in [1.807, 2.05) is 6.20 Å². The van der Waals surface area contributed by atoms with E-state index in [1.54, 1.807) is 7.11 Å². The average molecular weight is 259 g/mol. The van der Waals surface area contributed by atoms with Crippen molar-refractivity contribution >= 4 is 0 Å². The Morgan fingerprint density at radius 3 is 2.95 bits per heavy atom. The predicted molar refractivity (Wildman–Crippen MR) is 77.1 cm³/mol. The zero-order chi connectivity index (χ0) is 13.7. The highest BCUT2D eigenvalue weighted by atomic mass is 16.5. The molecule has 0 fully saturated rings. The number of nitrogens with zero attached hydrogens (tertiary/aromatic N) is 1. The SMILES string of the molecule is COCCNCc1ncc(-c2cc(C)ccc2C)[nH]1. The monoisotopic (exact) mass is 259 g/mol. The molecule has 0 atom stereocenters. The molecule has 2 N–H and O–H groups in total. The number of nitrogens with one attached hydrogen (secondary N) is 2. The van der Waals surface area contributed by atoms with Gasteiger partial charge in [0.25, 0.3) is 0 Å². The Morgan fingerprint density at radius 1 is 1.32 bits per heavy atom. The first-order chi connectivity index (χ1) is 9.20. The molecule has 1 aromatic heterocycles. The van der Waals surface area contributed by atoms with Crippen LogP contribution in [0.4, 0.5) is 0 Å². The van der Waals surface area contributed by atoms with Crippen LogP contribution >= 0.6 is 0 Å². The molecule has 2 aromatic rings. The van der Waals surface area contributed by atoms with Gasteiger partial charge in [0.2, 0.25) is 0 Å². The van der Waals surface area contributed by atoms with Crippen LogP contribution in [0.25, 0.3) is 11.3 Å². The average Bonchev–Trinajstić information content (AvgIpc) is 2.86. The summed E-state index contributed by atoms with van der Waals surface area (Å²) >= 11 is 0. The molecular formula is C15H21N3O. The van der Waals surface area contributed by atoms with Gasteiger partial charge < -0.3 is 15.0 Å². The number of aromatic nitrogens is 2. The van der Waals surface area contributed by atoms with Crippen LogP contribution < -0.4 is 5.32 Å². The maximum Gasteiger partial charge on any atom is 0.120 e. The highest BCUT2D eigenvalue weighted by Gasteiger charge is 2.06. The Kier molecular flexibility index (Phi) is 4.71. The van der Waals surface area contributed by atoms with E-state index in [2.05, 4.69) is 47.3 Å². The Morgan fingerprint density at radius 2 is 2.16 bits per heavy atom. The van der Waals surface area contributed by atoms with Crippen LogP contribution in [0.15, 0.2) is 24.4 Å². The second-order valence-electron chi connectivity index (χ2n) is 4.73. The molecule has 19 heavy (non-hydrogen) atoms. The summed E-state index contributed by atoms with van der Waals surface area (Å²) in [7, 11) is 1.70. The van der Waals surface area contributed by atoms with Crippen molar-refractivity contribution in [1.29, 1.82) is 0 Å². The first-order valence-corrected chi connectivity index (χ1v) is 6.52. The smallest absolute Gasteiger partial charge is 0.120 e. The lowest BCUT2D eigenvalue weighted by molar-refractivity contribution is 0.199. The zero-order valence-corrected chi connectivity index (χ0v) is 11.8. The molecule has 0 amide bonds. The van der Waals surface area contributed by atoms with Crippen molar-refractivity contribution in [3.63, 3.8) is 0 Å². The molecule has 1 heterocycles. The number of methoxy groups -OCH3 is 1. The van der Waals surface area contributed by atoms with Gasteiger partial charge in [-0.3, -0.25) is 0 Å². The van der Waals surface area contributed by atoms with Crippen LogP contribution in [0.2, 0.25) is 0 Å². The van der Waals surface area contributed by atoms with Gasteiger partial charge in [-0.05, 0) is 25.5 Å². The number of imidazole rings is 1. The summed E-state index contributed by atoms with van der Waals surface area (Å²) in [5, 5.41) is 3.27. The fourth-order valence-electron chi connectivity index (χ4n) is 2.00. The number of aryl methyl sites for hydroxylation is 2. The van der Waals surface area contributed by atoms with Crippen molar-refractivity contribution in [1.82, 2.24) is 15.3 Å². The molecule has 0 aliphatic heterocycles. The topological polar surface area (TPSA) is 49.9 Å². The summed E-state index contributed by atoms with van der Waals surface area (Å²) in [6.45, 7) is 6.49. The quantitative estimate of drug-likeness (QED) is 0.783. The van der Waals surface area contributed by atoms with Crippen LogP contribution in [0.5, 0.6) is 0 Å². The summed E-state index contributed by atoms with van der Waals surface area (Å²) in [6.07, 6.45) is 1.90. The van der Waals surface area contributed by atoms with E-state index in [1.165, 1.54) is 16.7 Å². The number of hydrogen-bond donors (Lipinski definition) is 2. The van der Waals surface area contributed by atoms with Gasteiger partial charge in [-0.15, -0.1) is 0 Å². The van der Waals surface area contributed by atoms with Gasteiger partial charge >= 0.3 is 0 Å². The van der Waals surface area contributed by atoms with Crippen LogP contribution in [0.3, 0.4) is 0 Å². The minimum Gasteiger partial charge on any atom is -0.383 e. The largest absolute Gasteiger partial charge is 0.383 e. The van der Waals surface area contributed by atoms with Crippen LogP contribution in [0, 0.1) is 13.8 Å². The zero-order valence-electron chi connectivity index (χ0n) is 11.8.